The van der Waals surface area contributed by atoms with Gasteiger partial charge in [-0.25, -0.2) is 14.5 Å². The maximum atomic E-state index is 13.1. The van der Waals surface area contributed by atoms with E-state index in [4.69, 9.17) is 21.1 Å². The van der Waals surface area contributed by atoms with Crippen LogP contribution < -0.4 is 19.7 Å². The number of carbonyl (C=O) groups is 4. The molecule has 0 saturated carbocycles. The van der Waals surface area contributed by atoms with Crippen molar-refractivity contribution in [3.05, 3.63) is 99.0 Å². The van der Waals surface area contributed by atoms with E-state index in [0.29, 0.717) is 16.3 Å². The number of halogens is 2. The van der Waals surface area contributed by atoms with Crippen LogP contribution in [0.25, 0.3) is 12.2 Å². The van der Waals surface area contributed by atoms with Gasteiger partial charge in [0.05, 0.1) is 12.3 Å². The number of esters is 1. The normalized spacial score (nSPS) is 14.7. The summed E-state index contributed by atoms with van der Waals surface area (Å²) >= 11 is 9.18. The molecule has 0 radical (unpaired) electrons. The summed E-state index contributed by atoms with van der Waals surface area (Å²) in [6.07, 6.45) is 4.20. The number of benzene rings is 3. The molecule has 0 unspecified atom stereocenters. The second-order valence-electron chi connectivity index (χ2n) is 7.88. The topological polar surface area (TPSA) is 102 Å². The van der Waals surface area contributed by atoms with Crippen molar-refractivity contribution >= 4 is 69.2 Å². The Bertz CT molecular complexity index is 1470. The highest BCUT2D eigenvalue weighted by Crippen LogP contribution is 2.31. The Hall–Kier alpha value is -4.21. The number of anilines is 1. The molecule has 0 bridgehead atoms. The number of rotatable bonds is 7. The Kier molecular flexibility index (Phi) is 8.40. The van der Waals surface area contributed by atoms with Crippen molar-refractivity contribution in [2.45, 2.75) is 6.92 Å². The molecule has 4 amide bonds. The van der Waals surface area contributed by atoms with Crippen molar-refractivity contribution in [1.29, 1.82) is 0 Å². The molecule has 1 aliphatic rings. The lowest BCUT2D eigenvalue weighted by Crippen LogP contribution is -2.54. The zero-order valence-corrected chi connectivity index (χ0v) is 22.3. The predicted molar refractivity (Wildman–Crippen MR) is 147 cm³/mol. The van der Waals surface area contributed by atoms with Crippen molar-refractivity contribution in [2.24, 2.45) is 0 Å². The standard InChI is InChI=1S/C28H20BrClN2O6/c1-2-37-24-16-18(5-13-23(24)38-25(33)14-6-17-3-9-20(30)10-4-17)15-22-26(34)31-28(36)32(27(22)35)21-11-7-19(29)8-12-21/h3-16H,2H2,1H3,(H,31,34,36)/b14-6+,22-15+. The van der Waals surface area contributed by atoms with Gasteiger partial charge in [0.25, 0.3) is 11.8 Å². The molecular weight excluding hydrogens is 576 g/mol. The van der Waals surface area contributed by atoms with Gasteiger partial charge in [-0.15, -0.1) is 0 Å². The number of nitrogens with zero attached hydrogens (tertiary/aromatic N) is 1. The molecule has 10 heteroatoms. The van der Waals surface area contributed by atoms with Gasteiger partial charge in [0, 0.05) is 15.6 Å². The third-order valence-corrected chi connectivity index (χ3v) is 6.04. The van der Waals surface area contributed by atoms with E-state index in [1.807, 2.05) is 0 Å². The molecule has 0 aliphatic carbocycles. The lowest BCUT2D eigenvalue weighted by atomic mass is 10.1. The Labute approximate surface area is 231 Å². The van der Waals surface area contributed by atoms with Crippen molar-refractivity contribution < 1.29 is 28.7 Å². The van der Waals surface area contributed by atoms with Gasteiger partial charge in [0.2, 0.25) is 0 Å². The van der Waals surface area contributed by atoms with Crippen LogP contribution in [0.4, 0.5) is 10.5 Å². The van der Waals surface area contributed by atoms with Crippen LogP contribution in [0, 0.1) is 0 Å². The number of urea groups is 1. The molecule has 1 aliphatic heterocycles. The van der Waals surface area contributed by atoms with E-state index in [-0.39, 0.29) is 23.7 Å². The first-order valence-corrected chi connectivity index (χ1v) is 12.5. The van der Waals surface area contributed by atoms with Gasteiger partial charge in [-0.3, -0.25) is 14.9 Å². The minimum atomic E-state index is -0.844. The third kappa shape index (κ3) is 6.37. The number of carbonyl (C=O) groups excluding carboxylic acids is 4. The van der Waals surface area contributed by atoms with Crippen molar-refractivity contribution in [3.63, 3.8) is 0 Å². The number of hydrogen-bond donors (Lipinski definition) is 1. The molecule has 1 N–H and O–H groups in total. The summed E-state index contributed by atoms with van der Waals surface area (Å²) in [5.74, 6) is -1.83. The number of nitrogens with one attached hydrogen (secondary N) is 1. The molecule has 192 valence electrons. The van der Waals surface area contributed by atoms with Crippen LogP contribution in [-0.4, -0.2) is 30.4 Å². The van der Waals surface area contributed by atoms with Gasteiger partial charge in [-0.2, -0.15) is 0 Å². The van der Waals surface area contributed by atoms with Gasteiger partial charge in [0.1, 0.15) is 5.57 Å². The van der Waals surface area contributed by atoms with E-state index in [0.717, 1.165) is 14.9 Å². The fourth-order valence-electron chi connectivity index (χ4n) is 3.50. The highest BCUT2D eigenvalue weighted by molar-refractivity contribution is 9.10. The summed E-state index contributed by atoms with van der Waals surface area (Å²) in [4.78, 5) is 51.3. The van der Waals surface area contributed by atoms with E-state index < -0.39 is 23.8 Å². The van der Waals surface area contributed by atoms with Crippen LogP contribution in [0.15, 0.2) is 82.9 Å². The molecule has 8 nitrogen and oxygen atoms in total. The lowest BCUT2D eigenvalue weighted by Gasteiger charge is -2.26. The summed E-state index contributed by atoms with van der Waals surface area (Å²) in [5, 5.41) is 2.77. The average molecular weight is 596 g/mol. The predicted octanol–water partition coefficient (Wildman–Crippen LogP) is 5.79. The highest BCUT2D eigenvalue weighted by atomic mass is 79.9. The first kappa shape index (κ1) is 26.8. The first-order valence-electron chi connectivity index (χ1n) is 11.3. The Morgan fingerprint density at radius 2 is 1.66 bits per heavy atom. The van der Waals surface area contributed by atoms with Crippen molar-refractivity contribution in [1.82, 2.24) is 5.32 Å². The van der Waals surface area contributed by atoms with Crippen LogP contribution in [0.3, 0.4) is 0 Å². The van der Waals surface area contributed by atoms with Gasteiger partial charge in [-0.1, -0.05) is 45.7 Å². The van der Waals surface area contributed by atoms with E-state index in [1.54, 1.807) is 67.6 Å². The lowest BCUT2D eigenvalue weighted by molar-refractivity contribution is -0.129. The second kappa shape index (κ2) is 11.9. The molecule has 0 aromatic heterocycles. The summed E-state index contributed by atoms with van der Waals surface area (Å²) < 4.78 is 11.8. The van der Waals surface area contributed by atoms with Crippen LogP contribution in [0.5, 0.6) is 11.5 Å². The maximum Gasteiger partial charge on any atom is 0.336 e. The Balaban J connectivity index is 1.57. The van der Waals surface area contributed by atoms with E-state index in [1.165, 1.54) is 24.3 Å². The molecular formula is C28H20BrClN2O6. The summed E-state index contributed by atoms with van der Waals surface area (Å²) in [7, 11) is 0. The van der Waals surface area contributed by atoms with Crippen LogP contribution in [0.2, 0.25) is 5.02 Å². The van der Waals surface area contributed by atoms with Crippen molar-refractivity contribution in [2.75, 3.05) is 11.5 Å². The quantitative estimate of drug-likeness (QED) is 0.161. The fraction of sp³-hybridized carbons (Fsp3) is 0.0714. The minimum Gasteiger partial charge on any atom is -0.490 e. The smallest absolute Gasteiger partial charge is 0.336 e. The molecule has 0 spiro atoms. The second-order valence-corrected chi connectivity index (χ2v) is 9.23. The summed E-state index contributed by atoms with van der Waals surface area (Å²) in [5.41, 5.74) is 1.25. The molecule has 1 heterocycles. The van der Waals surface area contributed by atoms with Gasteiger partial charge >= 0.3 is 12.0 Å². The number of barbiturate groups is 1. The third-order valence-electron chi connectivity index (χ3n) is 5.26. The molecule has 38 heavy (non-hydrogen) atoms. The number of ether oxygens (including phenoxy) is 2. The van der Waals surface area contributed by atoms with Gasteiger partial charge < -0.3 is 9.47 Å². The largest absolute Gasteiger partial charge is 0.490 e. The summed E-state index contributed by atoms with van der Waals surface area (Å²) in [6, 6.07) is 17.2. The maximum absolute atomic E-state index is 13.1. The van der Waals surface area contributed by atoms with Crippen LogP contribution in [-0.2, 0) is 14.4 Å². The molecule has 4 rings (SSSR count). The van der Waals surface area contributed by atoms with E-state index in [2.05, 4.69) is 21.2 Å². The number of hydrogen-bond acceptors (Lipinski definition) is 6. The highest BCUT2D eigenvalue weighted by Gasteiger charge is 2.36. The minimum absolute atomic E-state index is 0.158. The van der Waals surface area contributed by atoms with Crippen LogP contribution in [0.1, 0.15) is 18.1 Å². The number of imide groups is 2. The van der Waals surface area contributed by atoms with E-state index in [9.17, 15) is 19.2 Å². The van der Waals surface area contributed by atoms with Gasteiger partial charge in [0.15, 0.2) is 11.5 Å². The zero-order chi connectivity index (χ0) is 27.2. The Morgan fingerprint density at radius 1 is 0.974 bits per heavy atom. The number of amides is 4. The van der Waals surface area contributed by atoms with Crippen molar-refractivity contribution in [3.8, 4) is 11.5 Å². The zero-order valence-electron chi connectivity index (χ0n) is 19.9. The monoisotopic (exact) mass is 594 g/mol. The van der Waals surface area contributed by atoms with E-state index >= 15 is 0 Å². The van der Waals surface area contributed by atoms with Gasteiger partial charge in [-0.05, 0) is 78.7 Å². The molecule has 3 aromatic rings. The summed E-state index contributed by atoms with van der Waals surface area (Å²) in [6.45, 7) is 2.04. The molecule has 3 aromatic carbocycles. The fourth-order valence-corrected chi connectivity index (χ4v) is 3.89. The molecule has 0 atom stereocenters. The Morgan fingerprint density at radius 3 is 2.34 bits per heavy atom. The average Bonchev–Trinajstić information content (AvgIpc) is 2.89. The molecule has 1 saturated heterocycles. The first-order chi connectivity index (χ1) is 18.2. The molecule has 1 fully saturated rings. The SMILES string of the molecule is CCOc1cc(/C=C2\C(=O)NC(=O)N(c3ccc(Br)cc3)C2=O)ccc1OC(=O)/C=C/c1ccc(Cl)cc1. The van der Waals surface area contributed by atoms with Crippen LogP contribution >= 0.6 is 27.5 Å².